The van der Waals surface area contributed by atoms with Crippen LogP contribution in [-0.4, -0.2) is 9.38 Å². The highest BCUT2D eigenvalue weighted by molar-refractivity contribution is 9.10. The first-order valence-electron chi connectivity index (χ1n) is 3.06. The molecule has 0 spiro atoms. The number of imidazole rings is 1. The zero-order chi connectivity index (χ0) is 7.84. The summed E-state index contributed by atoms with van der Waals surface area (Å²) in [5.41, 5.74) is 0.918. The summed E-state index contributed by atoms with van der Waals surface area (Å²) >= 11 is 9.17. The van der Waals surface area contributed by atoms with Gasteiger partial charge in [0.15, 0.2) is 5.15 Å². The summed E-state index contributed by atoms with van der Waals surface area (Å²) in [5.74, 6) is 0. The minimum atomic E-state index is 0.534. The lowest BCUT2D eigenvalue weighted by Crippen LogP contribution is -1.82. The maximum absolute atomic E-state index is 5.79. The monoisotopic (exact) mass is 230 g/mol. The van der Waals surface area contributed by atoms with Gasteiger partial charge in [0.2, 0.25) is 0 Å². The highest BCUT2D eigenvalue weighted by Crippen LogP contribution is 2.19. The van der Waals surface area contributed by atoms with E-state index in [1.54, 1.807) is 6.33 Å². The molecular formula is C7H4BrClN2. The number of nitrogens with zero attached hydrogens (tertiary/aromatic N) is 2. The van der Waals surface area contributed by atoms with Crippen LogP contribution in [0.1, 0.15) is 0 Å². The second kappa shape index (κ2) is 2.50. The topological polar surface area (TPSA) is 17.3 Å². The predicted molar refractivity (Wildman–Crippen MR) is 47.9 cm³/mol. The van der Waals surface area contributed by atoms with Crippen molar-refractivity contribution in [2.75, 3.05) is 0 Å². The maximum atomic E-state index is 5.79. The van der Waals surface area contributed by atoms with Crippen molar-refractivity contribution in [1.82, 2.24) is 9.38 Å². The number of fused-ring (bicyclic) bond motifs is 1. The fraction of sp³-hybridized carbons (Fsp3) is 0. The third-order valence-corrected chi connectivity index (χ3v) is 2.41. The molecule has 0 amide bonds. The van der Waals surface area contributed by atoms with Gasteiger partial charge in [0.1, 0.15) is 6.33 Å². The summed E-state index contributed by atoms with van der Waals surface area (Å²) in [7, 11) is 0. The molecule has 0 atom stereocenters. The van der Waals surface area contributed by atoms with Crippen LogP contribution in [0.4, 0.5) is 0 Å². The summed E-state index contributed by atoms with van der Waals surface area (Å²) in [5, 5.41) is 0.534. The SMILES string of the molecule is Clc1ncn2c(Br)cccc12. The van der Waals surface area contributed by atoms with Crippen LogP contribution in [0.5, 0.6) is 0 Å². The minimum Gasteiger partial charge on any atom is -0.291 e. The van der Waals surface area contributed by atoms with Crippen molar-refractivity contribution in [2.45, 2.75) is 0 Å². The lowest BCUT2D eigenvalue weighted by Gasteiger charge is -1.94. The highest BCUT2D eigenvalue weighted by Gasteiger charge is 2.01. The predicted octanol–water partition coefficient (Wildman–Crippen LogP) is 2.75. The molecule has 2 rings (SSSR count). The van der Waals surface area contributed by atoms with Crippen molar-refractivity contribution in [1.29, 1.82) is 0 Å². The van der Waals surface area contributed by atoms with Crippen LogP contribution in [0.25, 0.3) is 5.52 Å². The molecule has 0 fully saturated rings. The molecular weight excluding hydrogens is 227 g/mol. The van der Waals surface area contributed by atoms with Crippen molar-refractivity contribution in [3.8, 4) is 0 Å². The van der Waals surface area contributed by atoms with Crippen molar-refractivity contribution in [2.24, 2.45) is 0 Å². The molecule has 11 heavy (non-hydrogen) atoms. The second-order valence-corrected chi connectivity index (χ2v) is 3.31. The van der Waals surface area contributed by atoms with Crippen LogP contribution >= 0.6 is 27.5 Å². The summed E-state index contributed by atoms with van der Waals surface area (Å²) in [6.45, 7) is 0. The van der Waals surface area contributed by atoms with Gasteiger partial charge in [-0.1, -0.05) is 17.7 Å². The number of pyridine rings is 1. The number of halogens is 2. The van der Waals surface area contributed by atoms with Gasteiger partial charge < -0.3 is 0 Å². The van der Waals surface area contributed by atoms with Crippen LogP contribution in [0.2, 0.25) is 5.15 Å². The molecule has 0 N–H and O–H groups in total. The molecule has 2 aromatic heterocycles. The summed E-state index contributed by atoms with van der Waals surface area (Å²) in [6.07, 6.45) is 1.68. The van der Waals surface area contributed by atoms with E-state index >= 15 is 0 Å². The van der Waals surface area contributed by atoms with Crippen molar-refractivity contribution >= 4 is 33.0 Å². The normalized spacial score (nSPS) is 10.7. The molecule has 56 valence electrons. The average Bonchev–Trinajstić information content (AvgIpc) is 2.35. The van der Waals surface area contributed by atoms with Gasteiger partial charge >= 0.3 is 0 Å². The fourth-order valence-electron chi connectivity index (χ4n) is 0.954. The summed E-state index contributed by atoms with van der Waals surface area (Å²) in [4.78, 5) is 3.95. The first kappa shape index (κ1) is 7.13. The fourth-order valence-corrected chi connectivity index (χ4v) is 1.59. The number of aromatic nitrogens is 2. The Morgan fingerprint density at radius 1 is 1.45 bits per heavy atom. The van der Waals surface area contributed by atoms with E-state index in [0.29, 0.717) is 5.15 Å². The molecule has 0 radical (unpaired) electrons. The molecule has 0 unspecified atom stereocenters. The Morgan fingerprint density at radius 2 is 2.27 bits per heavy atom. The van der Waals surface area contributed by atoms with E-state index in [-0.39, 0.29) is 0 Å². The smallest absolute Gasteiger partial charge is 0.154 e. The molecule has 2 heterocycles. The first-order valence-corrected chi connectivity index (χ1v) is 4.23. The van der Waals surface area contributed by atoms with Crippen molar-refractivity contribution in [3.63, 3.8) is 0 Å². The molecule has 0 aliphatic heterocycles. The lowest BCUT2D eigenvalue weighted by molar-refractivity contribution is 1.12. The van der Waals surface area contributed by atoms with E-state index < -0.39 is 0 Å². The van der Waals surface area contributed by atoms with Gasteiger partial charge in [-0.05, 0) is 28.1 Å². The molecule has 0 saturated heterocycles. The largest absolute Gasteiger partial charge is 0.291 e. The van der Waals surface area contributed by atoms with Crippen LogP contribution in [0.15, 0.2) is 29.1 Å². The first-order chi connectivity index (χ1) is 5.29. The van der Waals surface area contributed by atoms with E-state index in [2.05, 4.69) is 20.9 Å². The van der Waals surface area contributed by atoms with Crippen LogP contribution in [-0.2, 0) is 0 Å². The minimum absolute atomic E-state index is 0.534. The summed E-state index contributed by atoms with van der Waals surface area (Å²) < 4.78 is 2.83. The summed E-state index contributed by atoms with van der Waals surface area (Å²) in [6, 6.07) is 5.78. The molecule has 0 aromatic carbocycles. The number of hydrogen-bond donors (Lipinski definition) is 0. The van der Waals surface area contributed by atoms with Crippen LogP contribution in [0, 0.1) is 0 Å². The molecule has 0 aliphatic rings. The third-order valence-electron chi connectivity index (χ3n) is 1.48. The number of hydrogen-bond acceptors (Lipinski definition) is 1. The molecule has 0 saturated carbocycles. The van der Waals surface area contributed by atoms with Crippen molar-refractivity contribution < 1.29 is 0 Å². The van der Waals surface area contributed by atoms with E-state index in [0.717, 1.165) is 10.1 Å². The highest BCUT2D eigenvalue weighted by atomic mass is 79.9. The third kappa shape index (κ3) is 1.04. The van der Waals surface area contributed by atoms with Gasteiger partial charge in [-0.3, -0.25) is 4.40 Å². The average molecular weight is 231 g/mol. The van der Waals surface area contributed by atoms with E-state index in [1.807, 2.05) is 22.6 Å². The molecule has 2 nitrogen and oxygen atoms in total. The van der Waals surface area contributed by atoms with E-state index in [9.17, 15) is 0 Å². The van der Waals surface area contributed by atoms with Crippen LogP contribution in [0.3, 0.4) is 0 Å². The Hall–Kier alpha value is -0.540. The van der Waals surface area contributed by atoms with Gasteiger partial charge in [0, 0.05) is 0 Å². The molecule has 2 aromatic rings. The Labute approximate surface area is 76.9 Å². The zero-order valence-electron chi connectivity index (χ0n) is 5.46. The molecule has 0 aliphatic carbocycles. The Balaban J connectivity index is 2.94. The Bertz CT molecular complexity index is 396. The Kier molecular flexibility index (Phi) is 1.62. The molecule has 0 bridgehead atoms. The van der Waals surface area contributed by atoms with Crippen LogP contribution < -0.4 is 0 Å². The molecule has 4 heteroatoms. The van der Waals surface area contributed by atoms with Crippen molar-refractivity contribution in [3.05, 3.63) is 34.3 Å². The standard InChI is InChI=1S/C7H4BrClN2/c8-6-3-1-2-5-7(9)10-4-11(5)6/h1-4H. The van der Waals surface area contributed by atoms with Gasteiger partial charge in [0.05, 0.1) is 10.1 Å². The van der Waals surface area contributed by atoms with E-state index in [1.165, 1.54) is 0 Å². The van der Waals surface area contributed by atoms with Gasteiger partial charge in [-0.15, -0.1) is 0 Å². The lowest BCUT2D eigenvalue weighted by atomic mass is 10.4. The van der Waals surface area contributed by atoms with E-state index in [4.69, 9.17) is 11.6 Å². The van der Waals surface area contributed by atoms with Gasteiger partial charge in [-0.25, -0.2) is 4.98 Å². The quantitative estimate of drug-likeness (QED) is 0.637. The number of rotatable bonds is 0. The van der Waals surface area contributed by atoms with Gasteiger partial charge in [0.25, 0.3) is 0 Å². The zero-order valence-corrected chi connectivity index (χ0v) is 7.80. The maximum Gasteiger partial charge on any atom is 0.154 e. The van der Waals surface area contributed by atoms with Gasteiger partial charge in [-0.2, -0.15) is 0 Å². The second-order valence-electron chi connectivity index (χ2n) is 2.14. The Morgan fingerprint density at radius 3 is 3.00 bits per heavy atom.